The normalized spacial score (nSPS) is 21.1. The van der Waals surface area contributed by atoms with Crippen LogP contribution in [-0.4, -0.2) is 19.8 Å². The van der Waals surface area contributed by atoms with Crippen LogP contribution in [0, 0.1) is 6.92 Å². The quantitative estimate of drug-likeness (QED) is 0.911. The van der Waals surface area contributed by atoms with E-state index < -0.39 is 0 Å². The summed E-state index contributed by atoms with van der Waals surface area (Å²) in [6, 6.07) is 8.65. The molecule has 0 saturated carbocycles. The van der Waals surface area contributed by atoms with Crippen molar-refractivity contribution in [2.75, 3.05) is 13.7 Å². The van der Waals surface area contributed by atoms with Gasteiger partial charge in [-0.25, -0.2) is 0 Å². The van der Waals surface area contributed by atoms with Crippen LogP contribution in [0.3, 0.4) is 0 Å². The molecule has 102 valence electrons. The minimum Gasteiger partial charge on any atom is -0.459 e. The largest absolute Gasteiger partial charge is 0.459 e. The number of fused-ring (bicyclic) bond motifs is 1. The van der Waals surface area contributed by atoms with Gasteiger partial charge in [-0.2, -0.15) is 0 Å². The van der Waals surface area contributed by atoms with Crippen LogP contribution < -0.4 is 5.32 Å². The molecule has 0 spiro atoms. The Kier molecular flexibility index (Phi) is 3.58. The lowest BCUT2D eigenvalue weighted by atomic mass is 10.0. The maximum absolute atomic E-state index is 6.04. The maximum atomic E-state index is 6.04. The topological polar surface area (TPSA) is 34.4 Å². The molecule has 1 aliphatic heterocycles. The minimum absolute atomic E-state index is 0.231. The van der Waals surface area contributed by atoms with Crippen LogP contribution in [0.2, 0.25) is 0 Å². The molecule has 3 rings (SSSR count). The molecule has 1 aromatic carbocycles. The van der Waals surface area contributed by atoms with Gasteiger partial charge in [-0.05, 0) is 44.9 Å². The average molecular weight is 259 g/mol. The van der Waals surface area contributed by atoms with Crippen molar-refractivity contribution in [2.24, 2.45) is 0 Å². The van der Waals surface area contributed by atoms with Crippen LogP contribution in [0.5, 0.6) is 0 Å². The van der Waals surface area contributed by atoms with E-state index >= 15 is 0 Å². The molecule has 2 atom stereocenters. The van der Waals surface area contributed by atoms with Crippen LogP contribution >= 0.6 is 0 Å². The molecule has 0 amide bonds. The summed E-state index contributed by atoms with van der Waals surface area (Å²) in [5, 5.41) is 4.53. The number of ether oxygens (including phenoxy) is 1. The molecular formula is C16H21NO2. The van der Waals surface area contributed by atoms with E-state index in [1.807, 2.05) is 7.05 Å². The van der Waals surface area contributed by atoms with Crippen molar-refractivity contribution < 1.29 is 9.15 Å². The van der Waals surface area contributed by atoms with Crippen LogP contribution in [0.4, 0.5) is 0 Å². The van der Waals surface area contributed by atoms with Crippen molar-refractivity contribution in [3.63, 3.8) is 0 Å². The highest BCUT2D eigenvalue weighted by Gasteiger charge is 2.23. The lowest BCUT2D eigenvalue weighted by Crippen LogP contribution is -2.21. The molecule has 1 saturated heterocycles. The van der Waals surface area contributed by atoms with Gasteiger partial charge >= 0.3 is 0 Å². The lowest BCUT2D eigenvalue weighted by Gasteiger charge is -2.17. The third kappa shape index (κ3) is 2.53. The molecule has 0 aliphatic carbocycles. The van der Waals surface area contributed by atoms with Crippen molar-refractivity contribution in [3.05, 3.63) is 35.6 Å². The molecule has 3 heteroatoms. The standard InChI is InChI=1S/C16H21NO2/c1-11-5-3-6-12-9-15(19-16(11)12)14(17-2)10-13-7-4-8-18-13/h3,5-6,9,13-14,17H,4,7-8,10H2,1-2H3. The van der Waals surface area contributed by atoms with Crippen molar-refractivity contribution in [2.45, 2.75) is 38.3 Å². The second kappa shape index (κ2) is 5.35. The highest BCUT2D eigenvalue weighted by molar-refractivity contribution is 5.80. The summed E-state index contributed by atoms with van der Waals surface area (Å²) in [7, 11) is 1.99. The average Bonchev–Trinajstić information content (AvgIpc) is 3.05. The van der Waals surface area contributed by atoms with E-state index in [1.54, 1.807) is 0 Å². The van der Waals surface area contributed by atoms with Gasteiger partial charge in [0.25, 0.3) is 0 Å². The SMILES string of the molecule is CNC(CC1CCCO1)c1cc2cccc(C)c2o1. The zero-order valence-electron chi connectivity index (χ0n) is 11.6. The molecule has 0 bridgehead atoms. The Morgan fingerprint density at radius 2 is 2.32 bits per heavy atom. The summed E-state index contributed by atoms with van der Waals surface area (Å²) in [5.41, 5.74) is 2.20. The van der Waals surface area contributed by atoms with Crippen LogP contribution in [0.1, 0.15) is 36.6 Å². The fourth-order valence-corrected chi connectivity index (χ4v) is 2.87. The molecule has 1 fully saturated rings. The Morgan fingerprint density at radius 3 is 3.00 bits per heavy atom. The third-order valence-electron chi connectivity index (χ3n) is 3.97. The smallest absolute Gasteiger partial charge is 0.137 e. The second-order valence-electron chi connectivity index (χ2n) is 5.35. The van der Waals surface area contributed by atoms with Gasteiger partial charge in [-0.1, -0.05) is 18.2 Å². The summed E-state index contributed by atoms with van der Waals surface area (Å²) in [5.74, 6) is 1.02. The fourth-order valence-electron chi connectivity index (χ4n) is 2.87. The van der Waals surface area contributed by atoms with Gasteiger partial charge in [-0.3, -0.25) is 0 Å². The minimum atomic E-state index is 0.231. The monoisotopic (exact) mass is 259 g/mol. The lowest BCUT2D eigenvalue weighted by molar-refractivity contribution is 0.0931. The highest BCUT2D eigenvalue weighted by atomic mass is 16.5. The van der Waals surface area contributed by atoms with Gasteiger partial charge in [0, 0.05) is 12.0 Å². The van der Waals surface area contributed by atoms with Crippen LogP contribution in [0.15, 0.2) is 28.7 Å². The Balaban J connectivity index is 1.86. The van der Waals surface area contributed by atoms with E-state index in [0.717, 1.165) is 30.8 Å². The molecular weight excluding hydrogens is 238 g/mol. The molecule has 3 nitrogen and oxygen atoms in total. The Bertz CT molecular complexity index is 555. The number of aryl methyl sites for hydroxylation is 1. The predicted octanol–water partition coefficient (Wildman–Crippen LogP) is 3.57. The van der Waals surface area contributed by atoms with E-state index in [0.29, 0.717) is 6.10 Å². The summed E-state index contributed by atoms with van der Waals surface area (Å²) in [6.07, 6.45) is 3.69. The zero-order valence-corrected chi connectivity index (χ0v) is 11.6. The van der Waals surface area contributed by atoms with E-state index in [1.165, 1.54) is 17.4 Å². The highest BCUT2D eigenvalue weighted by Crippen LogP contribution is 2.30. The first kappa shape index (κ1) is 12.7. The van der Waals surface area contributed by atoms with Crippen molar-refractivity contribution in [3.8, 4) is 0 Å². The van der Waals surface area contributed by atoms with Crippen molar-refractivity contribution in [1.29, 1.82) is 0 Å². The molecule has 2 heterocycles. The maximum Gasteiger partial charge on any atom is 0.137 e. The Hall–Kier alpha value is -1.32. The van der Waals surface area contributed by atoms with E-state index in [4.69, 9.17) is 9.15 Å². The number of hydrogen-bond acceptors (Lipinski definition) is 3. The first-order chi connectivity index (χ1) is 9.28. The van der Waals surface area contributed by atoms with Gasteiger partial charge in [0.1, 0.15) is 11.3 Å². The van der Waals surface area contributed by atoms with E-state index in [2.05, 4.69) is 36.5 Å². The van der Waals surface area contributed by atoms with E-state index in [9.17, 15) is 0 Å². The number of para-hydroxylation sites is 1. The van der Waals surface area contributed by atoms with Gasteiger partial charge in [-0.15, -0.1) is 0 Å². The molecule has 2 unspecified atom stereocenters. The molecule has 1 aromatic heterocycles. The Labute approximate surface area is 113 Å². The van der Waals surface area contributed by atoms with Gasteiger partial charge < -0.3 is 14.5 Å². The molecule has 1 aliphatic rings. The number of hydrogen-bond donors (Lipinski definition) is 1. The molecule has 19 heavy (non-hydrogen) atoms. The second-order valence-corrected chi connectivity index (χ2v) is 5.35. The zero-order chi connectivity index (χ0) is 13.2. The van der Waals surface area contributed by atoms with Gasteiger partial charge in [0.15, 0.2) is 0 Å². The fraction of sp³-hybridized carbons (Fsp3) is 0.500. The predicted molar refractivity (Wildman–Crippen MR) is 76.3 cm³/mol. The molecule has 0 radical (unpaired) electrons. The first-order valence-corrected chi connectivity index (χ1v) is 7.06. The number of benzene rings is 1. The van der Waals surface area contributed by atoms with E-state index in [-0.39, 0.29) is 6.04 Å². The van der Waals surface area contributed by atoms with Crippen LogP contribution in [0.25, 0.3) is 11.0 Å². The number of rotatable bonds is 4. The van der Waals surface area contributed by atoms with Gasteiger partial charge in [0.05, 0.1) is 12.1 Å². The number of nitrogens with one attached hydrogen (secondary N) is 1. The number of furan rings is 1. The molecule has 2 aromatic rings. The van der Waals surface area contributed by atoms with Crippen molar-refractivity contribution >= 4 is 11.0 Å². The third-order valence-corrected chi connectivity index (χ3v) is 3.97. The Morgan fingerprint density at radius 1 is 1.42 bits per heavy atom. The summed E-state index contributed by atoms with van der Waals surface area (Å²) in [6.45, 7) is 2.99. The summed E-state index contributed by atoms with van der Waals surface area (Å²) in [4.78, 5) is 0. The van der Waals surface area contributed by atoms with Crippen LogP contribution in [-0.2, 0) is 4.74 Å². The first-order valence-electron chi connectivity index (χ1n) is 7.06. The molecule has 1 N–H and O–H groups in total. The summed E-state index contributed by atoms with van der Waals surface area (Å²) >= 11 is 0. The summed E-state index contributed by atoms with van der Waals surface area (Å²) < 4.78 is 11.8. The van der Waals surface area contributed by atoms with Crippen molar-refractivity contribution in [1.82, 2.24) is 5.32 Å². The van der Waals surface area contributed by atoms with Gasteiger partial charge in [0.2, 0.25) is 0 Å².